The summed E-state index contributed by atoms with van der Waals surface area (Å²) in [6.45, 7) is 0. The Morgan fingerprint density at radius 1 is 1.17 bits per heavy atom. The minimum atomic E-state index is -4.55. The first-order chi connectivity index (χ1) is 10.3. The first-order valence-corrected chi connectivity index (χ1v) is 7.88. The monoisotopic (exact) mass is 350 g/mol. The molecule has 2 rings (SSSR count). The van der Waals surface area contributed by atoms with Crippen molar-refractivity contribution in [3.05, 3.63) is 40.2 Å². The van der Waals surface area contributed by atoms with Crippen molar-refractivity contribution in [3.8, 4) is 0 Å². The van der Waals surface area contributed by atoms with Crippen molar-refractivity contribution >= 4 is 20.9 Å². The number of nitrogens with one attached hydrogen (secondary N) is 2. The molecule has 2 N–H and O–H groups in total. The Hall–Kier alpha value is -1.91. The minimum absolute atomic E-state index is 0.0889. The van der Waals surface area contributed by atoms with Crippen molar-refractivity contribution in [3.63, 3.8) is 0 Å². The van der Waals surface area contributed by atoms with E-state index in [2.05, 4.69) is 9.82 Å². The molecule has 0 aliphatic heterocycles. The standard InChI is InChI=1S/C13H14F3N3O3S/c1-19(2,3)18-23(21,22)11-7-17-10-6-8(13(14,15)16)4-5-9(10)12(11)20/h4-7,18H,1-3H3/p+1. The number of fused-ring (bicyclic) bond motifs is 1. The first-order valence-electron chi connectivity index (χ1n) is 6.39. The van der Waals surface area contributed by atoms with Gasteiger partial charge in [-0.1, -0.05) is 4.83 Å². The maximum absolute atomic E-state index is 12.7. The number of sulfonamides is 1. The van der Waals surface area contributed by atoms with E-state index in [1.54, 1.807) is 21.1 Å². The van der Waals surface area contributed by atoms with Crippen LogP contribution in [0.5, 0.6) is 0 Å². The average molecular weight is 350 g/mol. The summed E-state index contributed by atoms with van der Waals surface area (Å²) in [4.78, 5) is 16.4. The van der Waals surface area contributed by atoms with Gasteiger partial charge in [0.15, 0.2) is 4.90 Å². The van der Waals surface area contributed by atoms with E-state index in [1.165, 1.54) is 0 Å². The molecular formula is C13H15F3N3O3S+. The maximum Gasteiger partial charge on any atom is 0.416 e. The molecule has 23 heavy (non-hydrogen) atoms. The first kappa shape index (κ1) is 17.4. The zero-order valence-electron chi connectivity index (χ0n) is 12.5. The number of aromatic nitrogens is 1. The number of aromatic amines is 1. The smallest absolute Gasteiger partial charge is 0.360 e. The van der Waals surface area contributed by atoms with Gasteiger partial charge < -0.3 is 4.98 Å². The van der Waals surface area contributed by atoms with Gasteiger partial charge in [-0.15, -0.1) is 0 Å². The lowest BCUT2D eigenvalue weighted by molar-refractivity contribution is -0.900. The molecule has 126 valence electrons. The van der Waals surface area contributed by atoms with Crippen molar-refractivity contribution in [2.75, 3.05) is 21.1 Å². The molecule has 0 spiro atoms. The molecular weight excluding hydrogens is 335 g/mol. The molecule has 0 unspecified atom stereocenters. The Bertz CT molecular complexity index is 912. The SMILES string of the molecule is C[N+](C)(C)NS(=O)(=O)c1c[nH]c2cc(C(F)(F)F)ccc2c1=O. The number of halogens is 3. The van der Waals surface area contributed by atoms with Crippen LogP contribution in [0.2, 0.25) is 0 Å². The van der Waals surface area contributed by atoms with Crippen LogP contribution in [0.25, 0.3) is 10.9 Å². The molecule has 0 aliphatic carbocycles. The summed E-state index contributed by atoms with van der Waals surface area (Å²) in [5.74, 6) is 0. The van der Waals surface area contributed by atoms with E-state index in [0.717, 1.165) is 24.4 Å². The van der Waals surface area contributed by atoms with E-state index in [4.69, 9.17) is 0 Å². The Balaban J connectivity index is 2.63. The Labute approximate surface area is 130 Å². The van der Waals surface area contributed by atoms with Crippen molar-refractivity contribution in [1.82, 2.24) is 9.82 Å². The molecule has 0 fully saturated rings. The summed E-state index contributed by atoms with van der Waals surface area (Å²) >= 11 is 0. The van der Waals surface area contributed by atoms with Crippen LogP contribution < -0.4 is 10.3 Å². The predicted octanol–water partition coefficient (Wildman–Crippen LogP) is 1.45. The highest BCUT2D eigenvalue weighted by molar-refractivity contribution is 7.89. The highest BCUT2D eigenvalue weighted by atomic mass is 32.2. The quantitative estimate of drug-likeness (QED) is 0.650. The van der Waals surface area contributed by atoms with E-state index in [-0.39, 0.29) is 15.5 Å². The van der Waals surface area contributed by atoms with E-state index in [1.807, 2.05) is 0 Å². The number of hydrogen-bond acceptors (Lipinski definition) is 3. The molecule has 0 saturated carbocycles. The van der Waals surface area contributed by atoms with E-state index >= 15 is 0 Å². The second-order valence-corrected chi connectivity index (χ2v) is 7.48. The summed E-state index contributed by atoms with van der Waals surface area (Å²) in [5, 5.41) is -0.137. The van der Waals surface area contributed by atoms with Crippen molar-refractivity contribution < 1.29 is 26.2 Å². The van der Waals surface area contributed by atoms with Gasteiger partial charge in [0.05, 0.1) is 26.7 Å². The van der Waals surface area contributed by atoms with Gasteiger partial charge >= 0.3 is 6.18 Å². The molecule has 0 saturated heterocycles. The van der Waals surface area contributed by atoms with Gasteiger partial charge in [0.1, 0.15) is 0 Å². The minimum Gasteiger partial charge on any atom is -0.360 e. The maximum atomic E-state index is 12.7. The predicted molar refractivity (Wildman–Crippen MR) is 77.9 cm³/mol. The number of pyridine rings is 1. The molecule has 2 aromatic rings. The second-order valence-electron chi connectivity index (χ2n) is 5.85. The lowest BCUT2D eigenvalue weighted by atomic mass is 10.1. The van der Waals surface area contributed by atoms with Crippen molar-refractivity contribution in [2.45, 2.75) is 11.1 Å². The summed E-state index contributed by atoms with van der Waals surface area (Å²) < 4.78 is 62.3. The fraction of sp³-hybridized carbons (Fsp3) is 0.308. The van der Waals surface area contributed by atoms with Gasteiger partial charge in [0.25, 0.3) is 10.0 Å². The zero-order chi connectivity index (χ0) is 17.6. The van der Waals surface area contributed by atoms with Gasteiger partial charge in [-0.3, -0.25) is 4.79 Å². The molecule has 0 bridgehead atoms. The number of benzene rings is 1. The number of rotatable bonds is 3. The van der Waals surface area contributed by atoms with Crippen LogP contribution in [-0.4, -0.2) is 39.1 Å². The number of nitrogens with zero attached hydrogens (tertiary/aromatic N) is 1. The fourth-order valence-corrected chi connectivity index (χ4v) is 3.38. The van der Waals surface area contributed by atoms with Crippen LogP contribution in [0, 0.1) is 0 Å². The highest BCUT2D eigenvalue weighted by Crippen LogP contribution is 2.30. The Kier molecular flexibility index (Phi) is 4.04. The molecule has 6 nitrogen and oxygen atoms in total. The molecule has 0 aliphatic rings. The van der Waals surface area contributed by atoms with Gasteiger partial charge in [-0.05, 0) is 18.2 Å². The van der Waals surface area contributed by atoms with Crippen LogP contribution in [0.4, 0.5) is 13.2 Å². The highest BCUT2D eigenvalue weighted by Gasteiger charge is 2.31. The third-order valence-electron chi connectivity index (χ3n) is 2.86. The summed E-state index contributed by atoms with van der Waals surface area (Å²) in [5.41, 5.74) is -1.89. The summed E-state index contributed by atoms with van der Waals surface area (Å²) in [6, 6.07) is 2.46. The van der Waals surface area contributed by atoms with Gasteiger partial charge in [0.2, 0.25) is 5.43 Å². The van der Waals surface area contributed by atoms with Crippen molar-refractivity contribution in [1.29, 1.82) is 0 Å². The third-order valence-corrected chi connectivity index (χ3v) is 4.53. The largest absolute Gasteiger partial charge is 0.416 e. The molecule has 0 atom stereocenters. The van der Waals surface area contributed by atoms with E-state index < -0.39 is 32.1 Å². The molecule has 1 aromatic carbocycles. The lowest BCUT2D eigenvalue weighted by Crippen LogP contribution is -2.51. The summed E-state index contributed by atoms with van der Waals surface area (Å²) in [7, 11) is 0.510. The topological polar surface area (TPSA) is 79.0 Å². The molecule has 10 heteroatoms. The molecule has 0 amide bonds. The van der Waals surface area contributed by atoms with Gasteiger partial charge in [-0.25, -0.2) is 13.0 Å². The number of hydrogen-bond donors (Lipinski definition) is 2. The van der Waals surface area contributed by atoms with Crippen molar-refractivity contribution in [2.24, 2.45) is 0 Å². The Morgan fingerprint density at radius 3 is 2.30 bits per heavy atom. The van der Waals surface area contributed by atoms with Crippen LogP contribution in [0.1, 0.15) is 5.56 Å². The van der Waals surface area contributed by atoms with Crippen LogP contribution in [-0.2, 0) is 16.2 Å². The molecule has 0 radical (unpaired) electrons. The average Bonchev–Trinajstić information content (AvgIpc) is 2.34. The Morgan fingerprint density at radius 2 is 1.78 bits per heavy atom. The number of H-pyrrole nitrogens is 1. The zero-order valence-corrected chi connectivity index (χ0v) is 13.3. The van der Waals surface area contributed by atoms with Gasteiger partial charge in [-0.2, -0.15) is 13.2 Å². The number of alkyl halides is 3. The van der Waals surface area contributed by atoms with Crippen LogP contribution >= 0.6 is 0 Å². The number of quaternary nitrogens is 1. The van der Waals surface area contributed by atoms with Crippen LogP contribution in [0.15, 0.2) is 34.1 Å². The third kappa shape index (κ3) is 3.71. The van der Waals surface area contributed by atoms with Crippen LogP contribution in [0.3, 0.4) is 0 Å². The molecule has 1 aromatic heterocycles. The van der Waals surface area contributed by atoms with Gasteiger partial charge in [0, 0.05) is 17.1 Å². The lowest BCUT2D eigenvalue weighted by Gasteiger charge is -2.23. The normalized spacial score (nSPS) is 13.5. The molecule has 1 heterocycles. The second kappa shape index (κ2) is 5.32. The van der Waals surface area contributed by atoms with E-state index in [9.17, 15) is 26.4 Å². The fourth-order valence-electron chi connectivity index (χ4n) is 1.99. The summed E-state index contributed by atoms with van der Waals surface area (Å²) in [6.07, 6.45) is -3.66. The van der Waals surface area contributed by atoms with E-state index in [0.29, 0.717) is 0 Å².